The topological polar surface area (TPSA) is 81.4 Å². The largest absolute Gasteiger partial charge is 0.341 e. The van der Waals surface area contributed by atoms with E-state index in [2.05, 4.69) is 69.1 Å². The number of H-pyrrole nitrogens is 2. The summed E-state index contributed by atoms with van der Waals surface area (Å²) in [5.74, 6) is 2.15. The molecule has 2 spiro atoms. The van der Waals surface area contributed by atoms with Gasteiger partial charge in [-0.25, -0.2) is 9.97 Å². The van der Waals surface area contributed by atoms with Crippen molar-refractivity contribution in [2.75, 3.05) is 13.1 Å². The zero-order valence-corrected chi connectivity index (χ0v) is 20.5. The predicted octanol–water partition coefficient (Wildman–Crippen LogP) is 5.76. The van der Waals surface area contributed by atoms with Crippen LogP contribution in [-0.4, -0.2) is 33.0 Å². The molecule has 2 saturated heterocycles. The molecule has 4 heterocycles. The number of aromatic amines is 2. The first-order chi connectivity index (χ1) is 17.7. The van der Waals surface area contributed by atoms with Crippen LogP contribution in [0, 0.1) is 10.8 Å². The molecular formula is C30H32N6. The molecule has 182 valence electrons. The van der Waals surface area contributed by atoms with Crippen molar-refractivity contribution in [1.82, 2.24) is 30.6 Å². The fraction of sp³-hybridized carbons (Fsp3) is 0.400. The summed E-state index contributed by atoms with van der Waals surface area (Å²) in [5.41, 5.74) is 8.09. The summed E-state index contributed by atoms with van der Waals surface area (Å²) in [7, 11) is 0. The molecule has 0 radical (unpaired) electrons. The average Bonchev–Trinajstić information content (AvgIpc) is 3.48. The molecular weight excluding hydrogens is 444 g/mol. The second kappa shape index (κ2) is 7.64. The Balaban J connectivity index is 0.958. The van der Waals surface area contributed by atoms with Gasteiger partial charge in [0.05, 0.1) is 35.9 Å². The summed E-state index contributed by atoms with van der Waals surface area (Å²) >= 11 is 0. The van der Waals surface area contributed by atoms with Crippen LogP contribution in [0.15, 0.2) is 60.9 Å². The summed E-state index contributed by atoms with van der Waals surface area (Å²) < 4.78 is 0. The number of aromatic nitrogens is 4. The fourth-order valence-corrected chi connectivity index (χ4v) is 6.34. The number of hydrogen-bond donors (Lipinski definition) is 4. The molecule has 4 aliphatic rings. The Hall–Kier alpha value is -3.22. The van der Waals surface area contributed by atoms with Crippen LogP contribution in [0.2, 0.25) is 0 Å². The molecule has 4 fully saturated rings. The minimum absolute atomic E-state index is 0.370. The van der Waals surface area contributed by atoms with E-state index < -0.39 is 0 Å². The molecule has 6 heteroatoms. The summed E-state index contributed by atoms with van der Waals surface area (Å²) in [6, 6.07) is 18.3. The zero-order valence-electron chi connectivity index (χ0n) is 20.5. The highest BCUT2D eigenvalue weighted by Crippen LogP contribution is 2.55. The highest BCUT2D eigenvalue weighted by atomic mass is 15.1. The van der Waals surface area contributed by atoms with Crippen molar-refractivity contribution in [1.29, 1.82) is 0 Å². The number of hydrogen-bond acceptors (Lipinski definition) is 4. The lowest BCUT2D eigenvalue weighted by Crippen LogP contribution is -2.15. The van der Waals surface area contributed by atoms with E-state index in [-0.39, 0.29) is 0 Å². The lowest BCUT2D eigenvalue weighted by molar-refractivity contribution is 0.543. The Labute approximate surface area is 211 Å². The first-order valence-corrected chi connectivity index (χ1v) is 13.4. The summed E-state index contributed by atoms with van der Waals surface area (Å²) in [6.45, 7) is 2.28. The third-order valence-electron chi connectivity index (χ3n) is 9.21. The molecule has 0 bridgehead atoms. The molecule has 8 rings (SSSR count). The van der Waals surface area contributed by atoms with Crippen molar-refractivity contribution in [3.05, 3.63) is 72.6 Å². The summed E-state index contributed by atoms with van der Waals surface area (Å²) in [6.07, 6.45) is 11.9. The highest BCUT2D eigenvalue weighted by Gasteiger charge is 2.49. The molecule has 36 heavy (non-hydrogen) atoms. The maximum Gasteiger partial charge on any atom is 0.123 e. The Morgan fingerprint density at radius 2 is 0.944 bits per heavy atom. The van der Waals surface area contributed by atoms with Crippen LogP contribution >= 0.6 is 0 Å². The minimum Gasteiger partial charge on any atom is -0.341 e. The van der Waals surface area contributed by atoms with E-state index in [1.54, 1.807) is 0 Å². The second-order valence-corrected chi connectivity index (χ2v) is 11.8. The SMILES string of the molecule is c1cc(-c2cnc(C3CC4(CC4)CN3)[nH]2)ccc1-c1ccc(-c2cnc(C3CC4(CC4)CN3)[nH]2)cc1. The summed E-state index contributed by atoms with van der Waals surface area (Å²) in [4.78, 5) is 16.5. The van der Waals surface area contributed by atoms with Gasteiger partial charge >= 0.3 is 0 Å². The highest BCUT2D eigenvalue weighted by molar-refractivity contribution is 5.71. The van der Waals surface area contributed by atoms with Gasteiger partial charge in [-0.2, -0.15) is 0 Å². The van der Waals surface area contributed by atoms with Gasteiger partial charge in [-0.15, -0.1) is 0 Å². The molecule has 2 atom stereocenters. The van der Waals surface area contributed by atoms with Crippen molar-refractivity contribution in [3.63, 3.8) is 0 Å². The third-order valence-corrected chi connectivity index (χ3v) is 9.21. The number of imidazole rings is 2. The van der Waals surface area contributed by atoms with E-state index in [0.29, 0.717) is 22.9 Å². The average molecular weight is 477 g/mol. The Bertz CT molecular complexity index is 1290. The van der Waals surface area contributed by atoms with Gasteiger partial charge in [0.1, 0.15) is 11.6 Å². The number of nitrogens with one attached hydrogen (secondary N) is 4. The maximum atomic E-state index is 4.69. The smallest absolute Gasteiger partial charge is 0.123 e. The molecule has 2 aliphatic heterocycles. The van der Waals surface area contributed by atoms with Crippen molar-refractivity contribution < 1.29 is 0 Å². The fourth-order valence-electron chi connectivity index (χ4n) is 6.34. The number of nitrogens with zero attached hydrogens (tertiary/aromatic N) is 2. The van der Waals surface area contributed by atoms with Crippen molar-refractivity contribution in [2.24, 2.45) is 10.8 Å². The van der Waals surface area contributed by atoms with Crippen LogP contribution in [0.5, 0.6) is 0 Å². The van der Waals surface area contributed by atoms with E-state index >= 15 is 0 Å². The lowest BCUT2D eigenvalue weighted by Gasteiger charge is -2.07. The van der Waals surface area contributed by atoms with Gasteiger partial charge < -0.3 is 20.6 Å². The summed E-state index contributed by atoms with van der Waals surface area (Å²) in [5, 5.41) is 7.31. The monoisotopic (exact) mass is 476 g/mol. The van der Waals surface area contributed by atoms with Crippen molar-refractivity contribution in [3.8, 4) is 33.6 Å². The molecule has 2 aromatic carbocycles. The molecule has 4 N–H and O–H groups in total. The molecule has 4 aromatic rings. The first kappa shape index (κ1) is 20.9. The van der Waals surface area contributed by atoms with Crippen LogP contribution in [-0.2, 0) is 0 Å². The van der Waals surface area contributed by atoms with Crippen LogP contribution in [0.25, 0.3) is 33.6 Å². The van der Waals surface area contributed by atoms with Gasteiger partial charge in [0, 0.05) is 13.1 Å². The van der Waals surface area contributed by atoms with E-state index in [1.807, 2.05) is 12.4 Å². The van der Waals surface area contributed by atoms with Gasteiger partial charge in [-0.05, 0) is 71.6 Å². The van der Waals surface area contributed by atoms with E-state index in [1.165, 1.54) is 60.8 Å². The van der Waals surface area contributed by atoms with Crippen LogP contribution < -0.4 is 10.6 Å². The molecule has 2 aromatic heterocycles. The van der Waals surface area contributed by atoms with Gasteiger partial charge in [0.2, 0.25) is 0 Å². The van der Waals surface area contributed by atoms with Gasteiger partial charge in [0.25, 0.3) is 0 Å². The second-order valence-electron chi connectivity index (χ2n) is 11.8. The lowest BCUT2D eigenvalue weighted by atomic mass is 10.0. The maximum absolute atomic E-state index is 4.69. The van der Waals surface area contributed by atoms with Gasteiger partial charge in [-0.1, -0.05) is 48.5 Å². The Morgan fingerprint density at radius 1 is 0.556 bits per heavy atom. The molecule has 2 unspecified atom stereocenters. The standard InChI is InChI=1S/C30H32N6/c1-5-21(25-15-31-27(35-25)23-13-29(9-10-29)17-33-23)6-2-19(1)20-3-7-22(8-4-20)26-16-32-28(36-26)24-14-30(11-12-30)18-34-24/h1-8,15-16,23-24,33-34H,9-14,17-18H2,(H,31,35)(H,32,36). The zero-order chi connectivity index (χ0) is 23.7. The first-order valence-electron chi connectivity index (χ1n) is 13.4. The Kier molecular flexibility index (Phi) is 4.44. The van der Waals surface area contributed by atoms with E-state index in [0.717, 1.165) is 36.1 Å². The number of rotatable bonds is 5. The predicted molar refractivity (Wildman–Crippen MR) is 141 cm³/mol. The molecule has 6 nitrogen and oxygen atoms in total. The van der Waals surface area contributed by atoms with Crippen LogP contribution in [0.4, 0.5) is 0 Å². The normalized spacial score (nSPS) is 25.1. The number of benzene rings is 2. The third kappa shape index (κ3) is 3.62. The van der Waals surface area contributed by atoms with Crippen molar-refractivity contribution >= 4 is 0 Å². The van der Waals surface area contributed by atoms with Crippen LogP contribution in [0.3, 0.4) is 0 Å². The molecule has 2 saturated carbocycles. The van der Waals surface area contributed by atoms with Crippen molar-refractivity contribution in [2.45, 2.75) is 50.6 Å². The van der Waals surface area contributed by atoms with Crippen LogP contribution in [0.1, 0.15) is 62.3 Å². The quantitative estimate of drug-likeness (QED) is 0.295. The van der Waals surface area contributed by atoms with Gasteiger partial charge in [0.15, 0.2) is 0 Å². The minimum atomic E-state index is 0.370. The van der Waals surface area contributed by atoms with E-state index in [4.69, 9.17) is 9.97 Å². The molecule has 2 aliphatic carbocycles. The van der Waals surface area contributed by atoms with Gasteiger partial charge in [-0.3, -0.25) is 0 Å². The Morgan fingerprint density at radius 3 is 1.31 bits per heavy atom. The van der Waals surface area contributed by atoms with E-state index in [9.17, 15) is 0 Å². The molecule has 0 amide bonds.